The van der Waals surface area contributed by atoms with E-state index in [-0.39, 0.29) is 35.7 Å². The lowest BCUT2D eigenvalue weighted by molar-refractivity contribution is -0.693. The maximum absolute atomic E-state index is 14.1. The Morgan fingerprint density at radius 2 is 0.893 bits per heavy atom. The number of esters is 1. The smallest absolute Gasteiger partial charge is 0.338 e. The van der Waals surface area contributed by atoms with Crippen molar-refractivity contribution in [3.8, 4) is 67.3 Å². The van der Waals surface area contributed by atoms with Crippen LogP contribution in [0.4, 0.5) is 0 Å². The van der Waals surface area contributed by atoms with Gasteiger partial charge in [-0.25, -0.2) is 9.36 Å². The summed E-state index contributed by atoms with van der Waals surface area (Å²) in [6.45, 7) is 2.94. The lowest BCUT2D eigenvalue weighted by Crippen LogP contribution is -3.00. The number of hydrogen-bond acceptors (Lipinski definition) is 3. The first-order valence-corrected chi connectivity index (χ1v) is 18.3. The van der Waals surface area contributed by atoms with Crippen molar-refractivity contribution in [1.29, 1.82) is 0 Å². The maximum atomic E-state index is 14.1. The molecule has 6 heteroatoms. The Kier molecular flexibility index (Phi) is 13.2. The zero-order chi connectivity index (χ0) is 38.0. The zero-order valence-electron chi connectivity index (χ0n) is 31.3. The van der Waals surface area contributed by atoms with Gasteiger partial charge in [-0.2, -0.15) is 4.57 Å². The summed E-state index contributed by atoms with van der Waals surface area (Å²) in [4.78, 5) is 11.0. The number of aryl methyl sites for hydroxylation is 1. The molecule has 0 aliphatic carbocycles. The van der Waals surface area contributed by atoms with Crippen molar-refractivity contribution in [3.63, 3.8) is 0 Å². The number of methoxy groups -OCH3 is 1. The van der Waals surface area contributed by atoms with Crippen molar-refractivity contribution in [2.45, 2.75) is 13.5 Å². The van der Waals surface area contributed by atoms with E-state index < -0.39 is 0 Å². The van der Waals surface area contributed by atoms with Gasteiger partial charge in [0.15, 0.2) is 12.4 Å². The number of aromatic nitrogens is 2. The highest BCUT2D eigenvalue weighted by molar-refractivity contribution is 5.89. The minimum atomic E-state index is -0.293. The Balaban J connectivity index is 0.000000352. The summed E-state index contributed by atoms with van der Waals surface area (Å²) in [5.41, 5.74) is 11.2. The molecule has 5 nitrogen and oxygen atoms in total. The number of ether oxygens (including phenoxy) is 1. The van der Waals surface area contributed by atoms with E-state index in [1.807, 2.05) is 115 Å². The SMILES string of the molecule is CC[n+]1ccc(C(=O)OC)cc1.[I-].[O-]c1c(-c2ccccc2)cc(-[n+]2c(-c3ccccc3)cc(-c3ccccc3)cc2-c2ccccc2)cc1-c1ccccc1. The molecule has 2 heterocycles. The first-order chi connectivity index (χ1) is 27.0. The Bertz CT molecular complexity index is 2370. The van der Waals surface area contributed by atoms with Crippen molar-refractivity contribution in [1.82, 2.24) is 0 Å². The fraction of sp³-hybridized carbons (Fsp3) is 0.0600. The highest BCUT2D eigenvalue weighted by Crippen LogP contribution is 2.39. The molecule has 0 aliphatic rings. The average Bonchev–Trinajstić information content (AvgIpc) is 3.27. The third kappa shape index (κ3) is 8.94. The van der Waals surface area contributed by atoms with Gasteiger partial charge in [-0.1, -0.05) is 133 Å². The number of halogens is 1. The highest BCUT2D eigenvalue weighted by Gasteiger charge is 2.26. The van der Waals surface area contributed by atoms with Crippen molar-refractivity contribution >= 4 is 5.97 Å². The van der Waals surface area contributed by atoms with Crippen LogP contribution in [0, 0.1) is 0 Å². The minimum absolute atomic E-state index is 0. The van der Waals surface area contributed by atoms with Crippen LogP contribution in [0.2, 0.25) is 0 Å². The summed E-state index contributed by atoms with van der Waals surface area (Å²) in [5, 5.41) is 14.1. The van der Waals surface area contributed by atoms with Crippen molar-refractivity contribution < 1.29 is 47.7 Å². The standard InChI is InChI=1S/C41H29NO.C9H12NO2.HI/c43-41-37(31-18-8-2-9-19-31)28-36(29-38(41)32-20-10-3-11-21-32)42-39(33-22-12-4-13-23-33)26-35(30-16-6-1-7-17-30)27-40(42)34-24-14-5-15-25-34;1-3-10-6-4-8(5-7-10)9(11)12-2;/h1-29H;4-7H,3H2,1-2H3;1H/q;+1;/p-1. The van der Waals surface area contributed by atoms with Crippen molar-refractivity contribution in [2.24, 2.45) is 0 Å². The van der Waals surface area contributed by atoms with Crippen LogP contribution in [0.5, 0.6) is 5.75 Å². The number of benzene rings is 6. The number of carbonyl (C=O) groups excluding carboxylic acids is 1. The van der Waals surface area contributed by atoms with E-state index in [9.17, 15) is 9.90 Å². The quantitative estimate of drug-likeness (QED) is 0.0929. The second-order valence-electron chi connectivity index (χ2n) is 13.0. The normalized spacial score (nSPS) is 10.4. The van der Waals surface area contributed by atoms with Gasteiger partial charge in [-0.05, 0) is 64.6 Å². The highest BCUT2D eigenvalue weighted by atomic mass is 127. The minimum Gasteiger partial charge on any atom is -1.00 e. The van der Waals surface area contributed by atoms with Gasteiger partial charge in [0.2, 0.25) is 17.1 Å². The van der Waals surface area contributed by atoms with Crippen LogP contribution in [0.15, 0.2) is 200 Å². The predicted octanol–water partition coefficient (Wildman–Crippen LogP) is 7.16. The molecule has 0 N–H and O–H groups in total. The third-order valence-corrected chi connectivity index (χ3v) is 9.49. The summed E-state index contributed by atoms with van der Waals surface area (Å²) in [6, 6.07) is 63.5. The molecule has 8 aromatic rings. The van der Waals surface area contributed by atoms with E-state index in [1.165, 1.54) is 7.11 Å². The van der Waals surface area contributed by atoms with Crippen LogP contribution in [-0.4, -0.2) is 13.1 Å². The van der Waals surface area contributed by atoms with Gasteiger partial charge in [-0.3, -0.25) is 0 Å². The van der Waals surface area contributed by atoms with E-state index in [1.54, 1.807) is 12.1 Å². The fourth-order valence-corrected chi connectivity index (χ4v) is 6.64. The predicted molar refractivity (Wildman–Crippen MR) is 218 cm³/mol. The summed E-state index contributed by atoms with van der Waals surface area (Å²) in [7, 11) is 1.38. The molecule has 6 aromatic carbocycles. The maximum Gasteiger partial charge on any atom is 0.338 e. The molecule has 276 valence electrons. The van der Waals surface area contributed by atoms with E-state index in [2.05, 4.69) is 94.2 Å². The summed E-state index contributed by atoms with van der Waals surface area (Å²) < 4.78 is 8.84. The summed E-state index contributed by atoms with van der Waals surface area (Å²) >= 11 is 0. The average molecular weight is 845 g/mol. The van der Waals surface area contributed by atoms with Gasteiger partial charge >= 0.3 is 5.97 Å². The van der Waals surface area contributed by atoms with Crippen LogP contribution in [0.25, 0.3) is 61.6 Å². The number of nitrogens with zero attached hydrogens (tertiary/aromatic N) is 2. The van der Waals surface area contributed by atoms with Crippen molar-refractivity contribution in [3.05, 3.63) is 206 Å². The lowest BCUT2D eigenvalue weighted by Gasteiger charge is -2.21. The van der Waals surface area contributed by atoms with Crippen LogP contribution in [-0.2, 0) is 11.3 Å². The summed E-state index contributed by atoms with van der Waals surface area (Å²) in [6.07, 6.45) is 3.71. The van der Waals surface area contributed by atoms with Gasteiger partial charge < -0.3 is 33.8 Å². The summed E-state index contributed by atoms with van der Waals surface area (Å²) in [5.74, 6) is -0.275. The third-order valence-electron chi connectivity index (χ3n) is 9.49. The molecule has 0 radical (unpaired) electrons. The second-order valence-corrected chi connectivity index (χ2v) is 13.0. The number of pyridine rings is 2. The Morgan fingerprint density at radius 1 is 0.518 bits per heavy atom. The Labute approximate surface area is 345 Å². The number of rotatable bonds is 8. The van der Waals surface area contributed by atoms with Gasteiger partial charge in [0.25, 0.3) is 0 Å². The number of hydrogen-bond donors (Lipinski definition) is 0. The molecular formula is C50H41IN2O3. The zero-order valence-corrected chi connectivity index (χ0v) is 33.4. The van der Waals surface area contributed by atoms with Crippen LogP contribution < -0.4 is 38.2 Å². The first-order valence-electron chi connectivity index (χ1n) is 18.3. The molecule has 0 aliphatic heterocycles. The van der Waals surface area contributed by atoms with E-state index >= 15 is 0 Å². The monoisotopic (exact) mass is 844 g/mol. The Morgan fingerprint density at radius 3 is 1.27 bits per heavy atom. The van der Waals surface area contributed by atoms with E-state index in [4.69, 9.17) is 0 Å². The van der Waals surface area contributed by atoms with E-state index in [0.717, 1.165) is 57.0 Å². The molecule has 2 aromatic heterocycles. The van der Waals surface area contributed by atoms with E-state index in [0.29, 0.717) is 16.7 Å². The van der Waals surface area contributed by atoms with Gasteiger partial charge in [-0.15, -0.1) is 0 Å². The molecule has 0 unspecified atom stereocenters. The molecule has 0 atom stereocenters. The van der Waals surface area contributed by atoms with Gasteiger partial charge in [0.1, 0.15) is 6.54 Å². The number of carbonyl (C=O) groups is 1. The molecule has 0 saturated heterocycles. The lowest BCUT2D eigenvalue weighted by atomic mass is 9.94. The second kappa shape index (κ2) is 18.8. The first kappa shape index (κ1) is 39.3. The molecule has 56 heavy (non-hydrogen) atoms. The fourth-order valence-electron chi connectivity index (χ4n) is 6.64. The molecular weight excluding hydrogens is 803 g/mol. The van der Waals surface area contributed by atoms with Crippen LogP contribution in [0.1, 0.15) is 17.3 Å². The Hall–Kier alpha value is -6.38. The molecule has 0 amide bonds. The van der Waals surface area contributed by atoms with Gasteiger partial charge in [0, 0.05) is 47.5 Å². The van der Waals surface area contributed by atoms with Crippen LogP contribution in [0.3, 0.4) is 0 Å². The molecule has 0 fully saturated rings. The molecule has 0 spiro atoms. The van der Waals surface area contributed by atoms with Crippen LogP contribution >= 0.6 is 0 Å². The largest absolute Gasteiger partial charge is 1.00 e. The molecule has 0 bridgehead atoms. The molecule has 8 rings (SSSR count). The van der Waals surface area contributed by atoms with Crippen molar-refractivity contribution in [2.75, 3.05) is 7.11 Å². The van der Waals surface area contributed by atoms with Gasteiger partial charge in [0.05, 0.1) is 12.7 Å². The topological polar surface area (TPSA) is 57.1 Å². The molecule has 0 saturated carbocycles.